The Hall–Kier alpha value is 5.43. The third kappa shape index (κ3) is 192. The van der Waals surface area contributed by atoms with E-state index in [0.717, 1.165) is 0 Å². The summed E-state index contributed by atoms with van der Waals surface area (Å²) in [5.74, 6) is 2.74. The predicted molar refractivity (Wildman–Crippen MR) is 489 cm³/mol. The zero-order chi connectivity index (χ0) is 94.5. The van der Waals surface area contributed by atoms with Gasteiger partial charge in [0.15, 0.2) is 0 Å². The van der Waals surface area contributed by atoms with E-state index >= 15 is 0 Å². The fourth-order valence-corrected chi connectivity index (χ4v) is 12.2. The molecule has 0 heterocycles. The van der Waals surface area contributed by atoms with E-state index in [1.807, 2.05) is 0 Å². The summed E-state index contributed by atoms with van der Waals surface area (Å²) in [7, 11) is -25.7. The molecular weight excluding hydrogens is 2230 g/mol. The summed E-state index contributed by atoms with van der Waals surface area (Å²) in [5.41, 5.74) is 0. The van der Waals surface area contributed by atoms with Crippen LogP contribution in [0.3, 0.4) is 0 Å². The Balaban J connectivity index is -0.0000000616. The van der Waals surface area contributed by atoms with Crippen LogP contribution >= 0.6 is 103 Å². The molecule has 0 saturated heterocycles. The molecule has 4 aliphatic rings. The number of hydrogen-bond donors (Lipinski definition) is 0. The quantitative estimate of drug-likeness (QED) is 0.0511. The van der Waals surface area contributed by atoms with Crippen molar-refractivity contribution in [2.24, 2.45) is 23.7 Å². The van der Waals surface area contributed by atoms with Crippen LogP contribution in [0.5, 0.6) is 0 Å². The van der Waals surface area contributed by atoms with Gasteiger partial charge in [-0.15, -0.1) is 0 Å². The van der Waals surface area contributed by atoms with Crippen LogP contribution in [0.15, 0.2) is 97.2 Å². The summed E-state index contributed by atoms with van der Waals surface area (Å²) in [6.07, 6.45) is 33.9. The minimum absolute atomic E-state index is 0. The molecule has 0 atom stereocenters. The Kier molecular flexibility index (Phi) is 219. The van der Waals surface area contributed by atoms with Crippen LogP contribution in [0.4, 0.5) is 0 Å². The fourth-order valence-electron chi connectivity index (χ4n) is 5.50. The molecule has 4 aliphatic carbocycles. The van der Waals surface area contributed by atoms with Gasteiger partial charge < -0.3 is 58.7 Å². The van der Waals surface area contributed by atoms with E-state index in [1.165, 1.54) is 0 Å². The van der Waals surface area contributed by atoms with E-state index in [-0.39, 0.29) is 120 Å². The maximum absolute atomic E-state index is 10.4. The maximum atomic E-state index is 10.4. The van der Waals surface area contributed by atoms with Gasteiger partial charge in [0.2, 0.25) is 103 Å². The third-order valence-electron chi connectivity index (χ3n) is 10.1. The van der Waals surface area contributed by atoms with E-state index < -0.39 is 103 Å². The monoisotopic (exact) mass is 2390 g/mol. The van der Waals surface area contributed by atoms with Gasteiger partial charge in [-0.3, -0.25) is 0 Å². The molecule has 0 bridgehead atoms. The summed E-state index contributed by atoms with van der Waals surface area (Å²) in [6, 6.07) is 0. The van der Waals surface area contributed by atoms with E-state index in [2.05, 4.69) is 233 Å². The van der Waals surface area contributed by atoms with Crippen molar-refractivity contribution in [3.05, 3.63) is 97.2 Å². The fraction of sp³-hybridized carbons (Fsp3) is 0.778. The van der Waals surface area contributed by atoms with Gasteiger partial charge in [-0.05, 0) is 190 Å². The molecule has 4 radical (unpaired) electrons. The smallest absolute Gasteiger partial charge is 0.633 e. The van der Waals surface area contributed by atoms with Crippen LogP contribution < -0.4 is 58.7 Å². The first-order valence-electron chi connectivity index (χ1n) is 40.2. The first-order valence-corrected chi connectivity index (χ1v) is 54.9. The van der Waals surface area contributed by atoms with Crippen LogP contribution in [0.1, 0.15) is 194 Å². The second kappa shape index (κ2) is 158. The molecule has 0 unspecified atom stereocenters. The van der Waals surface area contributed by atoms with Crippen molar-refractivity contribution in [2.45, 2.75) is 194 Å². The van der Waals surface area contributed by atoms with Crippen molar-refractivity contribution in [1.29, 1.82) is 0 Å². The van der Waals surface area contributed by atoms with Crippen LogP contribution in [0.2, 0.25) is 0 Å². The minimum atomic E-state index is -2.14. The second-order valence-corrected chi connectivity index (χ2v) is 32.8. The van der Waals surface area contributed by atoms with E-state index in [9.17, 15) is 58.7 Å². The van der Waals surface area contributed by atoms with Gasteiger partial charge in [0.25, 0.3) is 0 Å². The van der Waals surface area contributed by atoms with Gasteiger partial charge >= 0.3 is 120 Å². The summed E-state index contributed by atoms with van der Waals surface area (Å²) in [5, 5.41) is 0. The summed E-state index contributed by atoms with van der Waals surface area (Å²) < 4.78 is 111. The molecule has 0 aliphatic heterocycles. The summed E-state index contributed by atoms with van der Waals surface area (Å²) in [4.78, 5) is 125. The molecule has 0 aromatic carbocycles. The normalized spacial score (nSPS) is 11.8. The van der Waals surface area contributed by atoms with Crippen LogP contribution in [0.25, 0.3) is 0 Å². The zero-order valence-corrected chi connectivity index (χ0v) is 101. The molecule has 4 rings (SSSR count). The molecule has 126 heavy (non-hydrogen) atoms. The van der Waals surface area contributed by atoms with Crippen LogP contribution in [-0.2, 0) is 228 Å². The zero-order valence-electron chi connectivity index (χ0n) is 79.5. The Bertz CT molecular complexity index is 1570. The predicted octanol–water partition coefficient (Wildman–Crippen LogP) is 11.5. The van der Waals surface area contributed by atoms with Gasteiger partial charge in [0.1, 0.15) is 0 Å². The molecule has 0 aromatic rings. The Morgan fingerprint density at radius 2 is 0.190 bits per heavy atom. The van der Waals surface area contributed by atoms with Crippen molar-refractivity contribution in [1.82, 2.24) is 0 Å². The van der Waals surface area contributed by atoms with Gasteiger partial charge in [-0.25, -0.2) is 109 Å². The van der Waals surface area contributed by atoms with Crippen molar-refractivity contribution in [3.8, 4) is 0 Å². The van der Waals surface area contributed by atoms with E-state index in [1.54, 1.807) is 166 Å². The van der Waals surface area contributed by atoms with Crippen molar-refractivity contribution >= 4 is 103 Å². The molecule has 0 aromatic heterocycles. The topological polar surface area (TPSA) is 498 Å². The van der Waals surface area contributed by atoms with Crippen molar-refractivity contribution < 1.29 is 287 Å². The van der Waals surface area contributed by atoms with Crippen molar-refractivity contribution in [2.75, 3.05) is 159 Å². The molecule has 36 nitrogen and oxygen atoms in total. The molecule has 0 saturated carbocycles. The van der Waals surface area contributed by atoms with Gasteiger partial charge in [-0.2, -0.15) is 0 Å². The Labute approximate surface area is 855 Å². The summed E-state index contributed by atoms with van der Waals surface area (Å²) in [6.45, 7) is 62.3. The van der Waals surface area contributed by atoms with Gasteiger partial charge in [-0.1, -0.05) is 125 Å². The number of allylic oxidation sites excluding steroid dienone is 16. The van der Waals surface area contributed by atoms with E-state index in [0.29, 0.717) is 182 Å². The molecular formula is C72H164Co4O36P12Zr2+12. The van der Waals surface area contributed by atoms with Gasteiger partial charge in [0.05, 0.1) is 159 Å². The van der Waals surface area contributed by atoms with Crippen LogP contribution in [0, 0.1) is 23.7 Å². The van der Waals surface area contributed by atoms with E-state index in [4.69, 9.17) is 0 Å². The molecule has 0 amide bonds. The number of hydrogen-bond acceptors (Lipinski definition) is 36. The molecule has 760 valence electrons. The molecule has 0 N–H and O–H groups in total. The molecule has 0 spiro atoms. The molecule has 54 heteroatoms. The second-order valence-electron chi connectivity index (χ2n) is 19.9. The third-order valence-corrected chi connectivity index (χ3v) is 22.6. The van der Waals surface area contributed by atoms with Crippen molar-refractivity contribution in [3.63, 3.8) is 0 Å². The first kappa shape index (κ1) is 174. The van der Waals surface area contributed by atoms with Crippen LogP contribution in [-0.4, -0.2) is 159 Å². The average Bonchev–Trinajstić information content (AvgIpc) is 1.91. The minimum Gasteiger partial charge on any atom is -0.633 e. The molecule has 0 fully saturated rings. The number of rotatable bonds is 48. The average molecular weight is 2400 g/mol. The standard InChI is InChI=1S/4C6H8.12C4H11O3P.4Co.2Zr/c4*1-6-4-2-3-5-6;12*1-3-6-8(5)7-4-2;;;;;;/h4*2-6H,1H3;12*8H,3-4H2,1-2H3;;;;;;/q;;;;;;;;;;;;;;;;6*+2. The summed E-state index contributed by atoms with van der Waals surface area (Å²) >= 11 is 0. The first-order chi connectivity index (χ1) is 57.3. The Morgan fingerprint density at radius 1 is 0.143 bits per heavy atom. The maximum Gasteiger partial charge on any atom is 2.00 e. The largest absolute Gasteiger partial charge is 2.00 e. The van der Waals surface area contributed by atoms with Gasteiger partial charge in [0, 0.05) is 0 Å². The SMILES string of the molecule is CC1C=CC=C1.CC1C=CC=C1.CC1C=CC=C1.CC1C=CC=C1.CCO[PH+]([O-])OCC.CCO[PH+]([O-])OCC.CCO[PH+]([O-])OCC.CCO[PH+]([O-])OCC.CCO[PH+]([O-])OCC.CCO[PH+]([O-])OCC.CCO[PH+]([O-])OCC.CCO[PH+]([O-])OCC.CCO[PH+]([O-])OCC.CCO[PH+]([O-])OCC.CCO[PH+]([O-])OCC.CCO[PH+]([O-])OCC.[Co+2].[Co+2].[Co+2].[Co+2].[Zr+2].[Zr+2]. The Morgan fingerprint density at radius 3 is 0.214 bits per heavy atom.